The molecule has 8 nitrogen and oxygen atoms in total. The number of nitrogens with one attached hydrogen (secondary N) is 2. The number of halogens is 1. The van der Waals surface area contributed by atoms with E-state index in [0.717, 1.165) is 5.69 Å². The summed E-state index contributed by atoms with van der Waals surface area (Å²) in [6.45, 7) is 1.20. The molecule has 0 radical (unpaired) electrons. The van der Waals surface area contributed by atoms with Crippen molar-refractivity contribution in [2.75, 3.05) is 44.2 Å². The topological polar surface area (TPSA) is 98.8 Å². The van der Waals surface area contributed by atoms with E-state index in [-0.39, 0.29) is 42.5 Å². The molecule has 0 unspecified atom stereocenters. The summed E-state index contributed by atoms with van der Waals surface area (Å²) in [6.07, 6.45) is 5.06. The first-order valence-electron chi connectivity index (χ1n) is 9.90. The lowest BCUT2D eigenvalue weighted by molar-refractivity contribution is -0.119. The van der Waals surface area contributed by atoms with Crippen LogP contribution in [0.2, 0.25) is 0 Å². The molecule has 2 amide bonds. The molecule has 2 N–H and O–H groups in total. The van der Waals surface area contributed by atoms with Crippen LogP contribution >= 0.6 is 0 Å². The van der Waals surface area contributed by atoms with Crippen LogP contribution in [-0.2, 0) is 14.8 Å². The second kappa shape index (κ2) is 10.3. The molecule has 32 heavy (non-hydrogen) atoms. The Balaban J connectivity index is 1.63. The van der Waals surface area contributed by atoms with Crippen molar-refractivity contribution in [1.82, 2.24) is 14.9 Å². The van der Waals surface area contributed by atoms with Crippen LogP contribution in [-0.4, -0.2) is 63.8 Å². The summed E-state index contributed by atoms with van der Waals surface area (Å²) in [5.74, 6) is 0.911. The van der Waals surface area contributed by atoms with Gasteiger partial charge >= 0.3 is 0 Å². The molecule has 1 aliphatic rings. The molecule has 1 heterocycles. The van der Waals surface area contributed by atoms with Crippen LogP contribution in [0, 0.1) is 18.2 Å². The summed E-state index contributed by atoms with van der Waals surface area (Å²) in [4.78, 5) is 25.9. The molecule has 0 aromatic heterocycles. The molecular weight excluding hydrogens is 435 g/mol. The van der Waals surface area contributed by atoms with Crippen LogP contribution in [0.15, 0.2) is 53.4 Å². The normalized spacial score (nSPS) is 14.4. The van der Waals surface area contributed by atoms with Crippen molar-refractivity contribution in [3.63, 3.8) is 0 Å². The number of nitrogens with zero attached hydrogens (tertiary/aromatic N) is 2. The number of hydrogen-bond acceptors (Lipinski definition) is 5. The standard InChI is InChI=1S/C22H23FN4O4S/c1-2-10-24-21(28)16-25-22(29)17-4-3-5-20(15-17)32(30,31)27-13-11-26(12-14-27)19-8-6-18(23)7-9-19/h1,3-9,15H,10-14,16H2,(H,24,28)(H,25,29). The molecule has 0 saturated carbocycles. The third-order valence-corrected chi connectivity index (χ3v) is 6.86. The molecule has 3 rings (SSSR count). The van der Waals surface area contributed by atoms with Crippen LogP contribution in [0.5, 0.6) is 0 Å². The highest BCUT2D eigenvalue weighted by molar-refractivity contribution is 7.89. The maximum Gasteiger partial charge on any atom is 0.251 e. The Hall–Kier alpha value is -3.42. The highest BCUT2D eigenvalue weighted by Gasteiger charge is 2.29. The zero-order chi connectivity index (χ0) is 23.1. The fraction of sp³-hybridized carbons (Fsp3) is 0.273. The zero-order valence-electron chi connectivity index (χ0n) is 17.3. The van der Waals surface area contributed by atoms with E-state index < -0.39 is 21.8 Å². The van der Waals surface area contributed by atoms with Crippen molar-refractivity contribution in [3.8, 4) is 12.3 Å². The molecule has 1 saturated heterocycles. The van der Waals surface area contributed by atoms with Gasteiger partial charge in [0, 0.05) is 37.4 Å². The van der Waals surface area contributed by atoms with E-state index in [1.807, 2.05) is 4.90 Å². The Kier molecular flexibility index (Phi) is 7.45. The first-order valence-corrected chi connectivity index (χ1v) is 11.3. The van der Waals surface area contributed by atoms with Gasteiger partial charge in [0.15, 0.2) is 0 Å². The van der Waals surface area contributed by atoms with Gasteiger partial charge in [-0.25, -0.2) is 12.8 Å². The van der Waals surface area contributed by atoms with Crippen molar-refractivity contribution >= 4 is 27.5 Å². The second-order valence-electron chi connectivity index (χ2n) is 7.06. The fourth-order valence-corrected chi connectivity index (χ4v) is 4.73. The predicted molar refractivity (Wildman–Crippen MR) is 118 cm³/mol. The van der Waals surface area contributed by atoms with Gasteiger partial charge in [0.1, 0.15) is 5.82 Å². The third-order valence-electron chi connectivity index (χ3n) is 4.96. The van der Waals surface area contributed by atoms with Gasteiger partial charge < -0.3 is 15.5 Å². The van der Waals surface area contributed by atoms with Crippen molar-refractivity contribution in [2.45, 2.75) is 4.90 Å². The third kappa shape index (κ3) is 5.63. The summed E-state index contributed by atoms with van der Waals surface area (Å²) in [6, 6.07) is 11.7. The molecule has 0 spiro atoms. The molecular formula is C22H23FN4O4S. The van der Waals surface area contributed by atoms with Crippen molar-refractivity contribution in [2.24, 2.45) is 0 Å². The van der Waals surface area contributed by atoms with Crippen LogP contribution < -0.4 is 15.5 Å². The molecule has 1 aliphatic heterocycles. The smallest absolute Gasteiger partial charge is 0.251 e. The summed E-state index contributed by atoms with van der Waals surface area (Å²) in [7, 11) is -3.81. The Labute approximate surface area is 186 Å². The number of rotatable bonds is 7. The Morgan fingerprint density at radius 1 is 1.03 bits per heavy atom. The molecule has 10 heteroatoms. The minimum absolute atomic E-state index is 0.00262. The summed E-state index contributed by atoms with van der Waals surface area (Å²) in [5.41, 5.74) is 0.953. The van der Waals surface area contributed by atoms with Crippen LogP contribution in [0.3, 0.4) is 0 Å². The second-order valence-corrected chi connectivity index (χ2v) is 9.00. The van der Waals surface area contributed by atoms with E-state index in [4.69, 9.17) is 6.42 Å². The lowest BCUT2D eigenvalue weighted by Gasteiger charge is -2.35. The van der Waals surface area contributed by atoms with Crippen LogP contribution in [0.1, 0.15) is 10.4 Å². The van der Waals surface area contributed by atoms with Gasteiger partial charge in [-0.3, -0.25) is 9.59 Å². The lowest BCUT2D eigenvalue weighted by Crippen LogP contribution is -2.48. The quantitative estimate of drug-likeness (QED) is 0.599. The van der Waals surface area contributed by atoms with Crippen molar-refractivity contribution in [1.29, 1.82) is 0 Å². The highest BCUT2D eigenvalue weighted by Crippen LogP contribution is 2.22. The van der Waals surface area contributed by atoms with E-state index in [1.54, 1.807) is 12.1 Å². The summed E-state index contributed by atoms with van der Waals surface area (Å²) < 4.78 is 40.6. The molecule has 2 aromatic carbocycles. The Bertz CT molecular complexity index is 1120. The largest absolute Gasteiger partial charge is 0.369 e. The minimum Gasteiger partial charge on any atom is -0.369 e. The van der Waals surface area contributed by atoms with E-state index >= 15 is 0 Å². The number of piperazine rings is 1. The van der Waals surface area contributed by atoms with E-state index in [0.29, 0.717) is 13.1 Å². The molecule has 1 fully saturated rings. The minimum atomic E-state index is -3.81. The lowest BCUT2D eigenvalue weighted by atomic mass is 10.2. The highest BCUT2D eigenvalue weighted by atomic mass is 32.2. The number of amides is 2. The number of carbonyl (C=O) groups is 2. The van der Waals surface area contributed by atoms with Crippen molar-refractivity contribution in [3.05, 3.63) is 59.9 Å². The summed E-state index contributed by atoms with van der Waals surface area (Å²) >= 11 is 0. The maximum atomic E-state index is 13.1. The van der Waals surface area contributed by atoms with Gasteiger partial charge in [0.25, 0.3) is 5.91 Å². The molecule has 2 aromatic rings. The van der Waals surface area contributed by atoms with Crippen LogP contribution in [0.25, 0.3) is 0 Å². The van der Waals surface area contributed by atoms with Gasteiger partial charge in [-0.2, -0.15) is 4.31 Å². The number of hydrogen-bond donors (Lipinski definition) is 2. The maximum absolute atomic E-state index is 13.1. The Morgan fingerprint density at radius 3 is 2.38 bits per heavy atom. The van der Waals surface area contributed by atoms with E-state index in [1.165, 1.54) is 40.7 Å². The number of carbonyl (C=O) groups excluding carboxylic acids is 2. The Morgan fingerprint density at radius 2 is 1.72 bits per heavy atom. The molecule has 168 valence electrons. The average molecular weight is 459 g/mol. The summed E-state index contributed by atoms with van der Waals surface area (Å²) in [5, 5.41) is 4.85. The number of terminal acetylenes is 1. The van der Waals surface area contributed by atoms with Gasteiger partial charge in [-0.05, 0) is 42.5 Å². The first kappa shape index (κ1) is 23.2. The average Bonchev–Trinajstić information content (AvgIpc) is 2.81. The van der Waals surface area contributed by atoms with Gasteiger partial charge in [-0.1, -0.05) is 12.0 Å². The predicted octanol–water partition coefficient (Wildman–Crippen LogP) is 0.816. The van der Waals surface area contributed by atoms with Gasteiger partial charge in [0.05, 0.1) is 18.0 Å². The zero-order valence-corrected chi connectivity index (χ0v) is 18.1. The van der Waals surface area contributed by atoms with Crippen LogP contribution in [0.4, 0.5) is 10.1 Å². The molecule has 0 aliphatic carbocycles. The fourth-order valence-electron chi connectivity index (χ4n) is 3.26. The first-order chi connectivity index (χ1) is 15.3. The van der Waals surface area contributed by atoms with E-state index in [9.17, 15) is 22.4 Å². The number of anilines is 1. The van der Waals surface area contributed by atoms with E-state index in [2.05, 4.69) is 16.6 Å². The number of sulfonamides is 1. The SMILES string of the molecule is C#CCNC(=O)CNC(=O)c1cccc(S(=O)(=O)N2CCN(c3ccc(F)cc3)CC2)c1. The van der Waals surface area contributed by atoms with Gasteiger partial charge in [0.2, 0.25) is 15.9 Å². The number of benzene rings is 2. The molecule has 0 atom stereocenters. The molecule has 0 bridgehead atoms. The van der Waals surface area contributed by atoms with Crippen molar-refractivity contribution < 1.29 is 22.4 Å². The monoisotopic (exact) mass is 458 g/mol. The van der Waals surface area contributed by atoms with Gasteiger partial charge in [-0.15, -0.1) is 6.42 Å².